The lowest BCUT2D eigenvalue weighted by atomic mass is 9.94. The van der Waals surface area contributed by atoms with Crippen LogP contribution in [0.5, 0.6) is 5.75 Å². The molecule has 1 rings (SSSR count). The van der Waals surface area contributed by atoms with Gasteiger partial charge in [0.25, 0.3) is 0 Å². The highest BCUT2D eigenvalue weighted by molar-refractivity contribution is 9.09. The summed E-state index contributed by atoms with van der Waals surface area (Å²) in [7, 11) is 1.70. The van der Waals surface area contributed by atoms with Crippen molar-refractivity contribution in [3.63, 3.8) is 0 Å². The van der Waals surface area contributed by atoms with Crippen molar-refractivity contribution in [1.29, 1.82) is 0 Å². The number of hydrogen-bond donors (Lipinski definition) is 0. The van der Waals surface area contributed by atoms with Gasteiger partial charge in [-0.2, -0.15) is 0 Å². The van der Waals surface area contributed by atoms with Crippen molar-refractivity contribution < 1.29 is 4.74 Å². The maximum Gasteiger partial charge on any atom is 0.119 e. The van der Waals surface area contributed by atoms with Gasteiger partial charge in [0.15, 0.2) is 0 Å². The molecule has 78 valence electrons. The molecule has 1 unspecified atom stereocenters. The highest BCUT2D eigenvalue weighted by atomic mass is 79.9. The Morgan fingerprint density at radius 3 is 2.64 bits per heavy atom. The van der Waals surface area contributed by atoms with E-state index in [1.165, 1.54) is 17.5 Å². The molecule has 2 heteroatoms. The molecule has 0 aliphatic carbocycles. The first-order valence-electron chi connectivity index (χ1n) is 4.89. The van der Waals surface area contributed by atoms with Gasteiger partial charge in [-0.05, 0) is 42.5 Å². The Morgan fingerprint density at radius 2 is 2.14 bits per heavy atom. The Morgan fingerprint density at radius 1 is 1.43 bits per heavy atom. The molecule has 14 heavy (non-hydrogen) atoms. The highest BCUT2D eigenvalue weighted by Gasteiger charge is 2.08. The fourth-order valence-corrected chi connectivity index (χ4v) is 2.33. The topological polar surface area (TPSA) is 9.23 Å². The second-order valence-corrected chi connectivity index (χ2v) is 4.39. The predicted molar refractivity (Wildman–Crippen MR) is 64.6 cm³/mol. The van der Waals surface area contributed by atoms with Crippen LogP contribution in [-0.2, 0) is 0 Å². The average Bonchev–Trinajstić information content (AvgIpc) is 2.17. The number of halogens is 1. The van der Waals surface area contributed by atoms with Crippen molar-refractivity contribution in [2.24, 2.45) is 0 Å². The van der Waals surface area contributed by atoms with Crippen molar-refractivity contribution in [1.82, 2.24) is 0 Å². The number of rotatable bonds is 4. The van der Waals surface area contributed by atoms with Crippen LogP contribution >= 0.6 is 15.9 Å². The molecular weight excluding hydrogens is 240 g/mol. The summed E-state index contributed by atoms with van der Waals surface area (Å²) in [6.45, 7) is 4.40. The van der Waals surface area contributed by atoms with Crippen LogP contribution in [0.1, 0.15) is 30.4 Å². The largest absolute Gasteiger partial charge is 0.497 e. The standard InChI is InChI=1S/C12H17BrO/c1-9(6-7-13)12-5-4-11(14-3)8-10(12)2/h4-5,8-9H,6-7H2,1-3H3. The van der Waals surface area contributed by atoms with E-state index in [1.807, 2.05) is 6.07 Å². The molecule has 0 aromatic heterocycles. The molecule has 0 heterocycles. The van der Waals surface area contributed by atoms with Crippen LogP contribution in [0, 0.1) is 6.92 Å². The fourth-order valence-electron chi connectivity index (χ4n) is 1.65. The molecule has 1 nitrogen and oxygen atoms in total. The molecule has 0 N–H and O–H groups in total. The number of benzene rings is 1. The van der Waals surface area contributed by atoms with E-state index in [0.717, 1.165) is 11.1 Å². The summed E-state index contributed by atoms with van der Waals surface area (Å²) in [5.74, 6) is 1.55. The van der Waals surface area contributed by atoms with Gasteiger partial charge in [0.1, 0.15) is 5.75 Å². The maximum absolute atomic E-state index is 5.18. The van der Waals surface area contributed by atoms with Gasteiger partial charge in [-0.3, -0.25) is 0 Å². The van der Waals surface area contributed by atoms with E-state index in [9.17, 15) is 0 Å². The quantitative estimate of drug-likeness (QED) is 0.743. The molecule has 0 aliphatic heterocycles. The summed E-state index contributed by atoms with van der Waals surface area (Å²) < 4.78 is 5.18. The molecule has 1 aromatic rings. The van der Waals surface area contributed by atoms with Gasteiger partial charge in [0.05, 0.1) is 7.11 Å². The number of methoxy groups -OCH3 is 1. The van der Waals surface area contributed by atoms with Crippen LogP contribution in [-0.4, -0.2) is 12.4 Å². The Balaban J connectivity index is 2.88. The van der Waals surface area contributed by atoms with Crippen molar-refractivity contribution in [3.05, 3.63) is 29.3 Å². The van der Waals surface area contributed by atoms with Crippen LogP contribution in [0.2, 0.25) is 0 Å². The first kappa shape index (κ1) is 11.6. The number of ether oxygens (including phenoxy) is 1. The molecule has 0 saturated carbocycles. The van der Waals surface area contributed by atoms with Crippen LogP contribution in [0.3, 0.4) is 0 Å². The third kappa shape index (κ3) is 2.74. The maximum atomic E-state index is 5.18. The monoisotopic (exact) mass is 256 g/mol. The second-order valence-electron chi connectivity index (χ2n) is 3.60. The van der Waals surface area contributed by atoms with Crippen molar-refractivity contribution in [3.8, 4) is 5.75 Å². The molecule has 0 amide bonds. The number of alkyl halides is 1. The van der Waals surface area contributed by atoms with Crippen molar-refractivity contribution >= 4 is 15.9 Å². The Bertz CT molecular complexity index is 296. The molecule has 0 bridgehead atoms. The minimum Gasteiger partial charge on any atom is -0.497 e. The average molecular weight is 257 g/mol. The molecule has 1 atom stereocenters. The zero-order valence-corrected chi connectivity index (χ0v) is 10.6. The number of hydrogen-bond acceptors (Lipinski definition) is 1. The van der Waals surface area contributed by atoms with Gasteiger partial charge in [-0.25, -0.2) is 0 Å². The summed E-state index contributed by atoms with van der Waals surface area (Å²) in [5, 5.41) is 1.06. The third-order valence-electron chi connectivity index (χ3n) is 2.55. The molecular formula is C12H17BrO. The summed E-state index contributed by atoms with van der Waals surface area (Å²) in [4.78, 5) is 0. The van der Waals surface area contributed by atoms with E-state index < -0.39 is 0 Å². The van der Waals surface area contributed by atoms with Crippen LogP contribution in [0.4, 0.5) is 0 Å². The molecule has 0 fully saturated rings. The lowest BCUT2D eigenvalue weighted by Crippen LogP contribution is -1.97. The van der Waals surface area contributed by atoms with E-state index in [0.29, 0.717) is 5.92 Å². The molecule has 0 spiro atoms. The van der Waals surface area contributed by atoms with Crippen molar-refractivity contribution in [2.75, 3.05) is 12.4 Å². The van der Waals surface area contributed by atoms with Crippen LogP contribution in [0.15, 0.2) is 18.2 Å². The first-order chi connectivity index (χ1) is 6.69. The van der Waals surface area contributed by atoms with Gasteiger partial charge in [0, 0.05) is 5.33 Å². The summed E-state index contributed by atoms with van der Waals surface area (Å²) in [5.41, 5.74) is 2.74. The zero-order chi connectivity index (χ0) is 10.6. The van der Waals surface area contributed by atoms with Gasteiger partial charge >= 0.3 is 0 Å². The minimum absolute atomic E-state index is 0.611. The smallest absolute Gasteiger partial charge is 0.119 e. The molecule has 0 saturated heterocycles. The highest BCUT2D eigenvalue weighted by Crippen LogP contribution is 2.26. The Hall–Kier alpha value is -0.500. The summed E-state index contributed by atoms with van der Waals surface area (Å²) in [6.07, 6.45) is 1.17. The lowest BCUT2D eigenvalue weighted by Gasteiger charge is -2.14. The SMILES string of the molecule is COc1ccc(C(C)CCBr)c(C)c1. The first-order valence-corrected chi connectivity index (χ1v) is 6.01. The molecule has 0 radical (unpaired) electrons. The van der Waals surface area contributed by atoms with E-state index in [2.05, 4.69) is 41.9 Å². The van der Waals surface area contributed by atoms with Gasteiger partial charge in [-0.15, -0.1) is 0 Å². The summed E-state index contributed by atoms with van der Waals surface area (Å²) >= 11 is 3.48. The predicted octanol–water partition coefficient (Wildman–Crippen LogP) is 3.89. The van der Waals surface area contributed by atoms with Crippen LogP contribution < -0.4 is 4.74 Å². The van der Waals surface area contributed by atoms with Gasteiger partial charge < -0.3 is 4.74 Å². The van der Waals surface area contributed by atoms with Gasteiger partial charge in [-0.1, -0.05) is 28.9 Å². The van der Waals surface area contributed by atoms with E-state index >= 15 is 0 Å². The summed E-state index contributed by atoms with van der Waals surface area (Å²) in [6, 6.07) is 6.30. The zero-order valence-electron chi connectivity index (χ0n) is 9.01. The van der Waals surface area contributed by atoms with Crippen LogP contribution in [0.25, 0.3) is 0 Å². The normalized spacial score (nSPS) is 12.6. The van der Waals surface area contributed by atoms with E-state index in [-0.39, 0.29) is 0 Å². The third-order valence-corrected chi connectivity index (χ3v) is 3.01. The second kappa shape index (κ2) is 5.40. The number of aryl methyl sites for hydroxylation is 1. The molecule has 0 aliphatic rings. The van der Waals surface area contributed by atoms with Gasteiger partial charge in [0.2, 0.25) is 0 Å². The Labute approximate surface area is 94.6 Å². The molecule has 1 aromatic carbocycles. The minimum atomic E-state index is 0.611. The Kier molecular flexibility index (Phi) is 4.46. The van der Waals surface area contributed by atoms with E-state index in [4.69, 9.17) is 4.74 Å². The lowest BCUT2D eigenvalue weighted by molar-refractivity contribution is 0.414. The van der Waals surface area contributed by atoms with E-state index in [1.54, 1.807) is 7.11 Å². The van der Waals surface area contributed by atoms with Crippen molar-refractivity contribution in [2.45, 2.75) is 26.2 Å². The fraction of sp³-hybridized carbons (Fsp3) is 0.500.